The second kappa shape index (κ2) is 7.54. The fourth-order valence-electron chi connectivity index (χ4n) is 2.08. The Balaban J connectivity index is 1.72. The summed E-state index contributed by atoms with van der Waals surface area (Å²) in [5, 5.41) is 2.94. The minimum absolute atomic E-state index is 0.126. The Morgan fingerprint density at radius 2 is 1.92 bits per heavy atom. The minimum atomic E-state index is -0.425. The Hall–Kier alpha value is -2.58. The van der Waals surface area contributed by atoms with Gasteiger partial charge in [0, 0.05) is 17.2 Å². The van der Waals surface area contributed by atoms with E-state index in [9.17, 15) is 9.59 Å². The molecule has 8 heteroatoms. The van der Waals surface area contributed by atoms with Gasteiger partial charge >= 0.3 is 0 Å². The normalized spacial score (nSPS) is 10.4. The van der Waals surface area contributed by atoms with Gasteiger partial charge in [0.15, 0.2) is 10.8 Å². The van der Waals surface area contributed by atoms with E-state index in [1.54, 1.807) is 0 Å². The molecule has 6 nitrogen and oxygen atoms in total. The van der Waals surface area contributed by atoms with Gasteiger partial charge in [-0.05, 0) is 27.6 Å². The standard InChI is InChI=1S/C17H12BrN4O2S/c18-11-6-12(15(19)20-8-11)14(23)17-22-9-13(25-17)16(24)21-7-10-4-2-1-3-5-10/h1-6,8-9,19H,7H2,(H,21,24). The quantitative estimate of drug-likeness (QED) is 0.645. The molecular formula is C17H12BrN4O2S. The van der Waals surface area contributed by atoms with Gasteiger partial charge in [-0.25, -0.2) is 9.97 Å². The number of rotatable bonds is 5. The van der Waals surface area contributed by atoms with Gasteiger partial charge < -0.3 is 5.32 Å². The summed E-state index contributed by atoms with van der Waals surface area (Å²) in [7, 11) is 0. The molecule has 0 aliphatic carbocycles. The monoisotopic (exact) mass is 415 g/mol. The third-order valence-corrected chi connectivity index (χ3v) is 4.75. The lowest BCUT2D eigenvalue weighted by Crippen LogP contribution is -2.21. The van der Waals surface area contributed by atoms with Gasteiger partial charge in [-0.15, -0.1) is 11.3 Å². The summed E-state index contributed by atoms with van der Waals surface area (Å²) in [5.74, 6) is -0.844. The SMILES string of the molecule is [NH]c1ncc(Br)cc1C(=O)c1ncc(C(=O)NCc2ccccc2)s1. The number of hydrogen-bond donors (Lipinski definition) is 1. The molecule has 0 saturated heterocycles. The topological polar surface area (TPSA) is 95.8 Å². The number of amides is 1. The number of carbonyl (C=O) groups excluding carboxylic acids is 2. The third-order valence-electron chi connectivity index (χ3n) is 3.32. The van der Waals surface area contributed by atoms with Gasteiger partial charge in [-0.1, -0.05) is 30.3 Å². The van der Waals surface area contributed by atoms with Crippen molar-refractivity contribution in [3.63, 3.8) is 0 Å². The average Bonchev–Trinajstić information content (AvgIpc) is 3.12. The molecule has 0 atom stereocenters. The van der Waals surface area contributed by atoms with Crippen LogP contribution in [0, 0.1) is 0 Å². The highest BCUT2D eigenvalue weighted by Crippen LogP contribution is 2.22. The number of nitrogens with zero attached hydrogens (tertiary/aromatic N) is 2. The number of hydrogen-bond acceptors (Lipinski definition) is 5. The molecule has 3 rings (SSSR count). The van der Waals surface area contributed by atoms with E-state index in [2.05, 4.69) is 31.2 Å². The number of ketones is 1. The van der Waals surface area contributed by atoms with Crippen LogP contribution in [-0.2, 0) is 6.54 Å². The molecule has 0 saturated carbocycles. The van der Waals surface area contributed by atoms with E-state index < -0.39 is 5.78 Å². The van der Waals surface area contributed by atoms with Gasteiger partial charge in [0.25, 0.3) is 5.91 Å². The van der Waals surface area contributed by atoms with Crippen molar-refractivity contribution in [1.29, 1.82) is 0 Å². The first-order valence-corrected chi connectivity index (χ1v) is 8.85. The first kappa shape index (κ1) is 17.2. The molecule has 2 heterocycles. The van der Waals surface area contributed by atoms with Crippen molar-refractivity contribution < 1.29 is 9.59 Å². The average molecular weight is 416 g/mol. The molecule has 1 aromatic carbocycles. The zero-order valence-corrected chi connectivity index (χ0v) is 15.2. The van der Waals surface area contributed by atoms with Crippen LogP contribution in [0.5, 0.6) is 0 Å². The van der Waals surface area contributed by atoms with Gasteiger partial charge in [-0.3, -0.25) is 15.3 Å². The predicted octanol–water partition coefficient (Wildman–Crippen LogP) is 3.38. The van der Waals surface area contributed by atoms with Gasteiger partial charge in [0.05, 0.1) is 11.8 Å². The summed E-state index contributed by atoms with van der Waals surface area (Å²) >= 11 is 4.22. The summed E-state index contributed by atoms with van der Waals surface area (Å²) < 4.78 is 0.601. The summed E-state index contributed by atoms with van der Waals surface area (Å²) in [5.41, 5.74) is 8.87. The molecule has 25 heavy (non-hydrogen) atoms. The van der Waals surface area contributed by atoms with Crippen molar-refractivity contribution in [2.75, 3.05) is 0 Å². The number of carbonyl (C=O) groups is 2. The first-order valence-electron chi connectivity index (χ1n) is 7.24. The number of pyridine rings is 1. The Bertz CT molecular complexity index is 927. The molecule has 0 aliphatic rings. The molecular weight excluding hydrogens is 404 g/mol. The predicted molar refractivity (Wildman–Crippen MR) is 97.9 cm³/mol. The largest absolute Gasteiger partial charge is 0.347 e. The maximum absolute atomic E-state index is 12.5. The zero-order valence-electron chi connectivity index (χ0n) is 12.8. The Morgan fingerprint density at radius 1 is 1.16 bits per heavy atom. The van der Waals surface area contributed by atoms with Gasteiger partial charge in [-0.2, -0.15) is 0 Å². The number of nitrogens with one attached hydrogen (secondary N) is 2. The fraction of sp³-hybridized carbons (Fsp3) is 0.0588. The van der Waals surface area contributed by atoms with Crippen LogP contribution in [0.15, 0.2) is 53.3 Å². The van der Waals surface area contributed by atoms with E-state index in [1.165, 1.54) is 18.5 Å². The second-order valence-electron chi connectivity index (χ2n) is 5.08. The van der Waals surface area contributed by atoms with Crippen molar-refractivity contribution in [3.05, 3.63) is 74.3 Å². The molecule has 2 aromatic heterocycles. The summed E-state index contributed by atoms with van der Waals surface area (Å²) in [6, 6.07) is 11.1. The molecule has 125 valence electrons. The number of halogens is 1. The third kappa shape index (κ3) is 4.09. The van der Waals surface area contributed by atoms with Crippen molar-refractivity contribution >= 4 is 44.8 Å². The highest BCUT2D eigenvalue weighted by Gasteiger charge is 2.20. The highest BCUT2D eigenvalue weighted by molar-refractivity contribution is 9.10. The Morgan fingerprint density at radius 3 is 2.68 bits per heavy atom. The highest BCUT2D eigenvalue weighted by atomic mass is 79.9. The van der Waals surface area contributed by atoms with Crippen LogP contribution in [0.3, 0.4) is 0 Å². The van der Waals surface area contributed by atoms with Crippen LogP contribution in [0.25, 0.3) is 0 Å². The van der Waals surface area contributed by atoms with Crippen LogP contribution in [0.1, 0.15) is 30.6 Å². The van der Waals surface area contributed by atoms with E-state index in [0.717, 1.165) is 16.9 Å². The molecule has 0 unspecified atom stereocenters. The van der Waals surface area contributed by atoms with Gasteiger partial charge in [0.1, 0.15) is 4.88 Å². The van der Waals surface area contributed by atoms with Crippen LogP contribution >= 0.6 is 27.3 Å². The smallest absolute Gasteiger partial charge is 0.263 e. The molecule has 1 amide bonds. The molecule has 0 fully saturated rings. The van der Waals surface area contributed by atoms with E-state index in [-0.39, 0.29) is 22.3 Å². The molecule has 0 spiro atoms. The van der Waals surface area contributed by atoms with E-state index >= 15 is 0 Å². The summed E-state index contributed by atoms with van der Waals surface area (Å²) in [6.07, 6.45) is 2.82. The van der Waals surface area contributed by atoms with E-state index in [1.807, 2.05) is 30.3 Å². The molecule has 1 radical (unpaired) electrons. The first-order chi connectivity index (χ1) is 12.0. The maximum Gasteiger partial charge on any atom is 0.263 e. The number of benzene rings is 1. The maximum atomic E-state index is 12.5. The summed E-state index contributed by atoms with van der Waals surface area (Å²) in [6.45, 7) is 0.396. The molecule has 0 aliphatic heterocycles. The van der Waals surface area contributed by atoms with Crippen molar-refractivity contribution in [1.82, 2.24) is 21.0 Å². The summed E-state index contributed by atoms with van der Waals surface area (Å²) in [4.78, 5) is 32.9. The molecule has 3 aromatic rings. The van der Waals surface area contributed by atoms with Crippen molar-refractivity contribution in [2.45, 2.75) is 6.54 Å². The molecule has 0 bridgehead atoms. The lowest BCUT2D eigenvalue weighted by molar-refractivity contribution is 0.0954. The van der Waals surface area contributed by atoms with Crippen molar-refractivity contribution in [2.24, 2.45) is 0 Å². The zero-order chi connectivity index (χ0) is 17.8. The van der Waals surface area contributed by atoms with Crippen LogP contribution < -0.4 is 11.1 Å². The minimum Gasteiger partial charge on any atom is -0.347 e. The Labute approximate surface area is 156 Å². The Kier molecular flexibility index (Phi) is 5.20. The van der Waals surface area contributed by atoms with Crippen LogP contribution in [0.2, 0.25) is 0 Å². The van der Waals surface area contributed by atoms with Crippen LogP contribution in [-0.4, -0.2) is 21.7 Å². The lowest BCUT2D eigenvalue weighted by atomic mass is 10.2. The van der Waals surface area contributed by atoms with Crippen molar-refractivity contribution in [3.8, 4) is 0 Å². The second-order valence-corrected chi connectivity index (χ2v) is 7.02. The van der Waals surface area contributed by atoms with Crippen LogP contribution in [0.4, 0.5) is 5.82 Å². The molecule has 2 N–H and O–H groups in total. The van der Waals surface area contributed by atoms with E-state index in [0.29, 0.717) is 15.9 Å². The lowest BCUT2D eigenvalue weighted by Gasteiger charge is -2.03. The van der Waals surface area contributed by atoms with Gasteiger partial charge in [0.2, 0.25) is 5.78 Å². The fourth-order valence-corrected chi connectivity index (χ4v) is 3.19. The van der Waals surface area contributed by atoms with E-state index in [4.69, 9.17) is 5.73 Å². The number of aromatic nitrogens is 2. The number of thiazole rings is 1.